The van der Waals surface area contributed by atoms with Crippen LogP contribution in [0.15, 0.2) is 5.16 Å². The molecule has 0 aromatic rings. The number of hydrogen-bond acceptors (Lipinski definition) is 4. The number of nitrogens with zero attached hydrogens (tertiary/aromatic N) is 2. The average Bonchev–Trinajstić information content (AvgIpc) is 2.38. The number of piperidine rings is 1. The monoisotopic (exact) mass is 257 g/mol. The zero-order chi connectivity index (χ0) is 13.6. The first-order valence-electron chi connectivity index (χ1n) is 6.28. The van der Waals surface area contributed by atoms with Crippen molar-refractivity contribution in [3.8, 4) is 0 Å². The maximum absolute atomic E-state index is 11.9. The van der Waals surface area contributed by atoms with E-state index in [2.05, 4.69) is 5.16 Å². The fraction of sp³-hybridized carbons (Fsp3) is 0.833. The first kappa shape index (κ1) is 14.8. The van der Waals surface area contributed by atoms with Gasteiger partial charge in [0, 0.05) is 38.6 Å². The molecule has 1 fully saturated rings. The van der Waals surface area contributed by atoms with Gasteiger partial charge in [-0.05, 0) is 19.3 Å². The van der Waals surface area contributed by atoms with Crippen LogP contribution in [-0.2, 0) is 9.53 Å². The molecule has 1 saturated heterocycles. The first-order valence-corrected chi connectivity index (χ1v) is 6.28. The molecule has 0 aromatic carbocycles. The van der Waals surface area contributed by atoms with E-state index < -0.39 is 0 Å². The SMILES string of the molecule is COCCCC(=O)N1CCC(C)(C(N)=NO)CC1. The van der Waals surface area contributed by atoms with Gasteiger partial charge in [-0.25, -0.2) is 0 Å². The van der Waals surface area contributed by atoms with E-state index in [-0.39, 0.29) is 17.2 Å². The Kier molecular flexibility index (Phi) is 5.40. The molecule has 104 valence electrons. The molecule has 0 bridgehead atoms. The van der Waals surface area contributed by atoms with Gasteiger partial charge in [-0.2, -0.15) is 0 Å². The van der Waals surface area contributed by atoms with Crippen LogP contribution in [0.5, 0.6) is 0 Å². The molecule has 0 aromatic heterocycles. The highest BCUT2D eigenvalue weighted by Crippen LogP contribution is 2.31. The van der Waals surface area contributed by atoms with Crippen LogP contribution in [0.1, 0.15) is 32.6 Å². The molecule has 0 saturated carbocycles. The fourth-order valence-corrected chi connectivity index (χ4v) is 2.15. The lowest BCUT2D eigenvalue weighted by Crippen LogP contribution is -2.47. The van der Waals surface area contributed by atoms with E-state index in [1.54, 1.807) is 7.11 Å². The smallest absolute Gasteiger partial charge is 0.222 e. The average molecular weight is 257 g/mol. The number of ether oxygens (including phenoxy) is 1. The lowest BCUT2D eigenvalue weighted by Gasteiger charge is -2.38. The molecule has 0 radical (unpaired) electrons. The number of carbonyl (C=O) groups excluding carboxylic acids is 1. The van der Waals surface area contributed by atoms with Crippen molar-refractivity contribution in [2.24, 2.45) is 16.3 Å². The van der Waals surface area contributed by atoms with Gasteiger partial charge in [0.05, 0.1) is 0 Å². The van der Waals surface area contributed by atoms with Crippen LogP contribution >= 0.6 is 0 Å². The van der Waals surface area contributed by atoms with Crippen LogP contribution in [0, 0.1) is 5.41 Å². The third-order valence-electron chi connectivity index (χ3n) is 3.68. The molecule has 3 N–H and O–H groups in total. The van der Waals surface area contributed by atoms with Crippen molar-refractivity contribution in [3.05, 3.63) is 0 Å². The van der Waals surface area contributed by atoms with Crippen LogP contribution in [0.2, 0.25) is 0 Å². The summed E-state index contributed by atoms with van der Waals surface area (Å²) in [5, 5.41) is 11.8. The molecular weight excluding hydrogens is 234 g/mol. The van der Waals surface area contributed by atoms with Gasteiger partial charge >= 0.3 is 0 Å². The second kappa shape index (κ2) is 6.58. The molecule has 1 amide bonds. The van der Waals surface area contributed by atoms with Crippen LogP contribution in [0.25, 0.3) is 0 Å². The number of carbonyl (C=O) groups is 1. The summed E-state index contributed by atoms with van der Waals surface area (Å²) >= 11 is 0. The maximum Gasteiger partial charge on any atom is 0.222 e. The van der Waals surface area contributed by atoms with E-state index in [1.165, 1.54) is 0 Å². The number of rotatable bonds is 5. The Balaban J connectivity index is 2.41. The largest absolute Gasteiger partial charge is 0.409 e. The molecule has 0 aliphatic carbocycles. The minimum Gasteiger partial charge on any atom is -0.409 e. The highest BCUT2D eigenvalue weighted by Gasteiger charge is 2.35. The van der Waals surface area contributed by atoms with Crippen molar-refractivity contribution in [3.63, 3.8) is 0 Å². The van der Waals surface area contributed by atoms with E-state index in [9.17, 15) is 4.79 Å². The summed E-state index contributed by atoms with van der Waals surface area (Å²) < 4.78 is 4.93. The highest BCUT2D eigenvalue weighted by molar-refractivity contribution is 5.86. The molecule has 6 nitrogen and oxygen atoms in total. The van der Waals surface area contributed by atoms with Crippen molar-refractivity contribution in [2.75, 3.05) is 26.8 Å². The maximum atomic E-state index is 11.9. The van der Waals surface area contributed by atoms with Crippen molar-refractivity contribution >= 4 is 11.7 Å². The molecule has 1 aliphatic rings. The summed E-state index contributed by atoms with van der Waals surface area (Å²) in [6.45, 7) is 3.91. The van der Waals surface area contributed by atoms with Crippen molar-refractivity contribution in [1.29, 1.82) is 0 Å². The van der Waals surface area contributed by atoms with E-state index in [1.807, 2.05) is 11.8 Å². The Bertz CT molecular complexity index is 310. The number of amidine groups is 1. The van der Waals surface area contributed by atoms with Gasteiger partial charge in [0.25, 0.3) is 0 Å². The molecule has 6 heteroatoms. The van der Waals surface area contributed by atoms with Gasteiger partial charge in [0.1, 0.15) is 5.84 Å². The van der Waals surface area contributed by atoms with E-state index >= 15 is 0 Å². The molecule has 1 rings (SSSR count). The summed E-state index contributed by atoms with van der Waals surface area (Å²) in [5.74, 6) is 0.419. The predicted octanol–water partition coefficient (Wildman–Crippen LogP) is 0.788. The fourth-order valence-electron chi connectivity index (χ4n) is 2.15. The van der Waals surface area contributed by atoms with Crippen LogP contribution in [0.3, 0.4) is 0 Å². The number of hydrogen-bond donors (Lipinski definition) is 2. The number of nitrogens with two attached hydrogens (primary N) is 1. The number of oxime groups is 1. The van der Waals surface area contributed by atoms with Gasteiger partial charge in [-0.1, -0.05) is 12.1 Å². The minimum atomic E-state index is -0.294. The third kappa shape index (κ3) is 3.60. The Morgan fingerprint density at radius 3 is 2.61 bits per heavy atom. The minimum absolute atomic E-state index is 0.161. The Morgan fingerprint density at radius 1 is 1.50 bits per heavy atom. The third-order valence-corrected chi connectivity index (χ3v) is 3.68. The van der Waals surface area contributed by atoms with Crippen LogP contribution in [-0.4, -0.2) is 48.7 Å². The summed E-state index contributed by atoms with van der Waals surface area (Å²) in [6.07, 6.45) is 2.75. The molecular formula is C12H23N3O3. The molecule has 0 spiro atoms. The zero-order valence-corrected chi connectivity index (χ0v) is 11.2. The summed E-state index contributed by atoms with van der Waals surface area (Å²) in [5.41, 5.74) is 5.39. The quantitative estimate of drug-likeness (QED) is 0.250. The topological polar surface area (TPSA) is 88.2 Å². The molecule has 0 unspecified atom stereocenters. The molecule has 1 aliphatic heterocycles. The zero-order valence-electron chi connectivity index (χ0n) is 11.2. The van der Waals surface area contributed by atoms with Crippen molar-refractivity contribution in [2.45, 2.75) is 32.6 Å². The molecule has 18 heavy (non-hydrogen) atoms. The van der Waals surface area contributed by atoms with Gasteiger partial charge in [0.15, 0.2) is 0 Å². The highest BCUT2D eigenvalue weighted by atomic mass is 16.5. The molecule has 1 heterocycles. The van der Waals surface area contributed by atoms with Gasteiger partial charge in [-0.15, -0.1) is 0 Å². The predicted molar refractivity (Wildman–Crippen MR) is 68.4 cm³/mol. The van der Waals surface area contributed by atoms with Crippen molar-refractivity contribution in [1.82, 2.24) is 4.90 Å². The number of methoxy groups -OCH3 is 1. The summed E-state index contributed by atoms with van der Waals surface area (Å²) in [7, 11) is 1.63. The second-order valence-corrected chi connectivity index (χ2v) is 5.02. The second-order valence-electron chi connectivity index (χ2n) is 5.02. The van der Waals surface area contributed by atoms with E-state index in [0.717, 1.165) is 19.3 Å². The van der Waals surface area contributed by atoms with Gasteiger partial charge < -0.3 is 20.6 Å². The Labute approximate surface area is 108 Å². The summed E-state index contributed by atoms with van der Waals surface area (Å²) in [4.78, 5) is 13.7. The van der Waals surface area contributed by atoms with Crippen molar-refractivity contribution < 1.29 is 14.7 Å². The Morgan fingerprint density at radius 2 is 2.11 bits per heavy atom. The number of amides is 1. The summed E-state index contributed by atoms with van der Waals surface area (Å²) in [6, 6.07) is 0. The standard InChI is InChI=1S/C12H23N3O3/c1-12(11(13)14-17)5-7-15(8-6-12)10(16)4-3-9-18-2/h17H,3-9H2,1-2H3,(H2,13,14). The van der Waals surface area contributed by atoms with Gasteiger partial charge in [-0.3, -0.25) is 4.79 Å². The first-order chi connectivity index (χ1) is 8.53. The molecule has 0 atom stereocenters. The lowest BCUT2D eigenvalue weighted by molar-refractivity contribution is -0.133. The van der Waals surface area contributed by atoms with Crippen LogP contribution in [0.4, 0.5) is 0 Å². The van der Waals surface area contributed by atoms with E-state index in [0.29, 0.717) is 26.1 Å². The number of likely N-dealkylation sites (tertiary alicyclic amines) is 1. The Hall–Kier alpha value is -1.30. The normalized spacial score (nSPS) is 19.9. The van der Waals surface area contributed by atoms with Crippen LogP contribution < -0.4 is 5.73 Å². The van der Waals surface area contributed by atoms with Gasteiger partial charge in [0.2, 0.25) is 5.91 Å². The van der Waals surface area contributed by atoms with E-state index in [4.69, 9.17) is 15.7 Å². The lowest BCUT2D eigenvalue weighted by atomic mass is 9.79.